The SMILES string of the molecule is NNC(=O)c1ccc(OCCOCCOc2ccc(C(=O)NN)cc2)cc1. The zero-order valence-corrected chi connectivity index (χ0v) is 14.6. The van der Waals surface area contributed by atoms with Crippen LogP contribution < -0.4 is 32.0 Å². The van der Waals surface area contributed by atoms with E-state index in [1.165, 1.54) is 0 Å². The average molecular weight is 374 g/mol. The maximum absolute atomic E-state index is 11.3. The maximum Gasteiger partial charge on any atom is 0.265 e. The predicted molar refractivity (Wildman–Crippen MR) is 98.0 cm³/mol. The molecule has 0 saturated heterocycles. The highest BCUT2D eigenvalue weighted by atomic mass is 16.5. The molecule has 0 unspecified atom stereocenters. The summed E-state index contributed by atoms with van der Waals surface area (Å²) in [6.07, 6.45) is 0. The lowest BCUT2D eigenvalue weighted by Crippen LogP contribution is -2.29. The lowest BCUT2D eigenvalue weighted by atomic mass is 10.2. The summed E-state index contributed by atoms with van der Waals surface area (Å²) < 4.78 is 16.4. The van der Waals surface area contributed by atoms with Crippen molar-refractivity contribution in [1.82, 2.24) is 10.9 Å². The van der Waals surface area contributed by atoms with Crippen molar-refractivity contribution in [2.24, 2.45) is 11.7 Å². The summed E-state index contributed by atoms with van der Waals surface area (Å²) in [6.45, 7) is 1.52. The summed E-state index contributed by atoms with van der Waals surface area (Å²) in [4.78, 5) is 22.6. The number of hydrazine groups is 2. The van der Waals surface area contributed by atoms with Gasteiger partial charge >= 0.3 is 0 Å². The number of benzene rings is 2. The monoisotopic (exact) mass is 374 g/mol. The predicted octanol–water partition coefficient (Wildman–Crippen LogP) is 0.368. The number of nitrogens with one attached hydrogen (secondary N) is 2. The van der Waals surface area contributed by atoms with Crippen molar-refractivity contribution >= 4 is 11.8 Å². The van der Waals surface area contributed by atoms with Crippen LogP contribution in [0.5, 0.6) is 11.5 Å². The van der Waals surface area contributed by atoms with E-state index >= 15 is 0 Å². The van der Waals surface area contributed by atoms with E-state index < -0.39 is 0 Å². The van der Waals surface area contributed by atoms with Crippen molar-refractivity contribution in [3.8, 4) is 11.5 Å². The molecule has 9 nitrogen and oxygen atoms in total. The molecule has 0 atom stereocenters. The van der Waals surface area contributed by atoms with E-state index in [0.717, 1.165) is 0 Å². The van der Waals surface area contributed by atoms with Gasteiger partial charge in [0.2, 0.25) is 0 Å². The van der Waals surface area contributed by atoms with Crippen molar-refractivity contribution in [3.63, 3.8) is 0 Å². The fourth-order valence-electron chi connectivity index (χ4n) is 2.11. The second-order valence-electron chi connectivity index (χ2n) is 5.30. The van der Waals surface area contributed by atoms with Gasteiger partial charge < -0.3 is 14.2 Å². The Kier molecular flexibility index (Phi) is 8.04. The first-order valence-corrected chi connectivity index (χ1v) is 8.19. The highest BCUT2D eigenvalue weighted by molar-refractivity contribution is 5.94. The number of hydrogen-bond donors (Lipinski definition) is 4. The van der Waals surface area contributed by atoms with Gasteiger partial charge in [-0.25, -0.2) is 11.7 Å². The van der Waals surface area contributed by atoms with Crippen LogP contribution in [0.4, 0.5) is 0 Å². The van der Waals surface area contributed by atoms with Crippen LogP contribution in [-0.4, -0.2) is 38.2 Å². The lowest BCUT2D eigenvalue weighted by molar-refractivity contribution is 0.0764. The van der Waals surface area contributed by atoms with Gasteiger partial charge in [0, 0.05) is 11.1 Å². The maximum atomic E-state index is 11.3. The first kappa shape index (κ1) is 20.2. The van der Waals surface area contributed by atoms with Crippen LogP contribution in [0.3, 0.4) is 0 Å². The third-order valence-electron chi connectivity index (χ3n) is 3.49. The summed E-state index contributed by atoms with van der Waals surface area (Å²) in [7, 11) is 0. The minimum atomic E-state index is -0.359. The van der Waals surface area contributed by atoms with Gasteiger partial charge in [-0.3, -0.25) is 20.4 Å². The second-order valence-corrected chi connectivity index (χ2v) is 5.30. The summed E-state index contributed by atoms with van der Waals surface area (Å²) in [5.41, 5.74) is 5.03. The Hall–Kier alpha value is -3.14. The molecule has 9 heteroatoms. The summed E-state index contributed by atoms with van der Waals surface area (Å²) >= 11 is 0. The van der Waals surface area contributed by atoms with Crippen molar-refractivity contribution in [1.29, 1.82) is 0 Å². The molecule has 2 rings (SSSR count). The molecule has 27 heavy (non-hydrogen) atoms. The third kappa shape index (κ3) is 6.59. The topological polar surface area (TPSA) is 138 Å². The molecule has 2 aromatic carbocycles. The van der Waals surface area contributed by atoms with E-state index in [2.05, 4.69) is 10.9 Å². The van der Waals surface area contributed by atoms with E-state index in [0.29, 0.717) is 49.1 Å². The van der Waals surface area contributed by atoms with E-state index in [-0.39, 0.29) is 11.8 Å². The van der Waals surface area contributed by atoms with Crippen molar-refractivity contribution in [3.05, 3.63) is 59.7 Å². The Bertz CT molecular complexity index is 671. The Morgan fingerprint density at radius 2 is 1.04 bits per heavy atom. The van der Waals surface area contributed by atoms with Gasteiger partial charge in [0.1, 0.15) is 24.7 Å². The minimum Gasteiger partial charge on any atom is -0.491 e. The van der Waals surface area contributed by atoms with Crippen molar-refractivity contribution < 1.29 is 23.8 Å². The first-order chi connectivity index (χ1) is 13.1. The van der Waals surface area contributed by atoms with E-state index in [4.69, 9.17) is 25.9 Å². The number of carbonyl (C=O) groups is 2. The molecule has 0 spiro atoms. The van der Waals surface area contributed by atoms with Gasteiger partial charge in [0.25, 0.3) is 11.8 Å². The van der Waals surface area contributed by atoms with Crippen molar-refractivity contribution in [2.75, 3.05) is 26.4 Å². The van der Waals surface area contributed by atoms with Crippen LogP contribution in [0.25, 0.3) is 0 Å². The van der Waals surface area contributed by atoms with Gasteiger partial charge in [-0.2, -0.15) is 0 Å². The van der Waals surface area contributed by atoms with Crippen LogP contribution in [0, 0.1) is 0 Å². The van der Waals surface area contributed by atoms with Crippen LogP contribution in [-0.2, 0) is 4.74 Å². The normalized spacial score (nSPS) is 10.1. The Labute approximate surface area is 156 Å². The van der Waals surface area contributed by atoms with Crippen LogP contribution in [0.2, 0.25) is 0 Å². The summed E-state index contributed by atoms with van der Waals surface area (Å²) in [6, 6.07) is 13.2. The smallest absolute Gasteiger partial charge is 0.265 e. The second kappa shape index (κ2) is 10.8. The number of carbonyl (C=O) groups excluding carboxylic acids is 2. The molecule has 0 saturated carbocycles. The lowest BCUT2D eigenvalue weighted by Gasteiger charge is -2.09. The molecule has 0 aromatic heterocycles. The minimum absolute atomic E-state index is 0.359. The fourth-order valence-corrected chi connectivity index (χ4v) is 2.11. The number of rotatable bonds is 10. The number of nitrogens with two attached hydrogens (primary N) is 2. The number of amides is 2. The molecule has 0 heterocycles. The van der Waals surface area contributed by atoms with E-state index in [1.54, 1.807) is 48.5 Å². The Morgan fingerprint density at radius 3 is 1.37 bits per heavy atom. The molecule has 2 amide bonds. The van der Waals surface area contributed by atoms with Gasteiger partial charge in [-0.05, 0) is 48.5 Å². The number of ether oxygens (including phenoxy) is 3. The molecule has 6 N–H and O–H groups in total. The molecule has 0 fully saturated rings. The van der Waals surface area contributed by atoms with Gasteiger partial charge in [0.15, 0.2) is 0 Å². The van der Waals surface area contributed by atoms with Crippen LogP contribution in [0.1, 0.15) is 20.7 Å². The largest absolute Gasteiger partial charge is 0.491 e. The quantitative estimate of drug-likeness (QED) is 0.204. The fraction of sp³-hybridized carbons (Fsp3) is 0.222. The molecule has 0 aliphatic carbocycles. The average Bonchev–Trinajstić information content (AvgIpc) is 2.72. The van der Waals surface area contributed by atoms with Gasteiger partial charge in [-0.15, -0.1) is 0 Å². The van der Waals surface area contributed by atoms with Crippen LogP contribution >= 0.6 is 0 Å². The molecule has 144 valence electrons. The van der Waals surface area contributed by atoms with Crippen LogP contribution in [0.15, 0.2) is 48.5 Å². The van der Waals surface area contributed by atoms with E-state index in [9.17, 15) is 9.59 Å². The van der Waals surface area contributed by atoms with Gasteiger partial charge in [0.05, 0.1) is 13.2 Å². The third-order valence-corrected chi connectivity index (χ3v) is 3.49. The molecular formula is C18H22N4O5. The number of hydrogen-bond acceptors (Lipinski definition) is 7. The zero-order valence-electron chi connectivity index (χ0n) is 14.6. The summed E-state index contributed by atoms with van der Waals surface area (Å²) in [5, 5.41) is 0. The molecule has 0 aliphatic rings. The number of nitrogen functional groups attached to an aromatic ring is 2. The first-order valence-electron chi connectivity index (χ1n) is 8.19. The standard InChI is InChI=1S/C18H22N4O5/c19-21-17(23)13-1-5-15(6-2-13)26-11-9-25-10-12-27-16-7-3-14(4-8-16)18(24)22-20/h1-8H,9-12,19-20H2,(H,21,23)(H,22,24). The zero-order chi connectivity index (χ0) is 19.5. The molecule has 0 bridgehead atoms. The molecule has 0 radical (unpaired) electrons. The van der Waals surface area contributed by atoms with Gasteiger partial charge in [-0.1, -0.05) is 0 Å². The highest BCUT2D eigenvalue weighted by Gasteiger charge is 2.04. The van der Waals surface area contributed by atoms with Crippen molar-refractivity contribution in [2.45, 2.75) is 0 Å². The van der Waals surface area contributed by atoms with E-state index in [1.807, 2.05) is 0 Å². The molecule has 2 aromatic rings. The Balaban J connectivity index is 1.58. The summed E-state index contributed by atoms with van der Waals surface area (Å²) in [5.74, 6) is 10.7. The molecule has 0 aliphatic heterocycles. The molecular weight excluding hydrogens is 352 g/mol. The highest BCUT2D eigenvalue weighted by Crippen LogP contribution is 2.13. The Morgan fingerprint density at radius 1 is 0.667 bits per heavy atom.